The molecule has 1 aromatic rings. The van der Waals surface area contributed by atoms with E-state index < -0.39 is 10.1 Å². The Balaban J connectivity index is 3.25. The summed E-state index contributed by atoms with van der Waals surface area (Å²) in [7, 11) is -2.11. The zero-order valence-corrected chi connectivity index (χ0v) is 13.0. The highest BCUT2D eigenvalue weighted by Crippen LogP contribution is 2.12. The Kier molecular flexibility index (Phi) is 6.84. The van der Waals surface area contributed by atoms with Gasteiger partial charge in [0.2, 0.25) is 0 Å². The highest BCUT2D eigenvalue weighted by Gasteiger charge is 2.12. The van der Waals surface area contributed by atoms with Crippen LogP contribution in [0.25, 0.3) is 0 Å². The SMILES string of the molecule is C=CC/C=C(COC)/C(=N\OS(C)(=O)=O)c1ccccc1. The molecule has 0 aliphatic heterocycles. The molecule has 114 valence electrons. The summed E-state index contributed by atoms with van der Waals surface area (Å²) in [5.41, 5.74) is 1.89. The van der Waals surface area contributed by atoms with Crippen LogP contribution in [0.4, 0.5) is 0 Å². The average molecular weight is 309 g/mol. The first-order valence-corrected chi connectivity index (χ1v) is 8.11. The van der Waals surface area contributed by atoms with E-state index in [4.69, 9.17) is 4.74 Å². The molecule has 0 aromatic heterocycles. The van der Waals surface area contributed by atoms with Gasteiger partial charge in [-0.25, -0.2) is 0 Å². The van der Waals surface area contributed by atoms with Crippen LogP contribution in [-0.4, -0.2) is 34.1 Å². The Morgan fingerprint density at radius 2 is 2.00 bits per heavy atom. The molecule has 6 heteroatoms. The molecule has 0 saturated heterocycles. The van der Waals surface area contributed by atoms with Gasteiger partial charge in [-0.3, -0.25) is 4.28 Å². The molecule has 0 aliphatic carbocycles. The molecular weight excluding hydrogens is 290 g/mol. The van der Waals surface area contributed by atoms with E-state index in [0.717, 1.165) is 17.4 Å². The van der Waals surface area contributed by atoms with Gasteiger partial charge >= 0.3 is 10.1 Å². The molecule has 0 radical (unpaired) electrons. The van der Waals surface area contributed by atoms with Crippen LogP contribution in [0.2, 0.25) is 0 Å². The van der Waals surface area contributed by atoms with E-state index in [-0.39, 0.29) is 6.61 Å². The number of nitrogens with zero attached hydrogens (tertiary/aromatic N) is 1. The minimum Gasteiger partial charge on any atom is -0.380 e. The van der Waals surface area contributed by atoms with Crippen molar-refractivity contribution in [3.05, 3.63) is 60.2 Å². The fraction of sp³-hybridized carbons (Fsp3) is 0.267. The molecule has 0 aliphatic rings. The van der Waals surface area contributed by atoms with Crippen LogP contribution in [0.15, 0.2) is 59.8 Å². The number of oxime groups is 1. The maximum atomic E-state index is 11.2. The van der Waals surface area contributed by atoms with Crippen molar-refractivity contribution in [1.82, 2.24) is 0 Å². The third-order valence-corrected chi connectivity index (χ3v) is 2.79. The number of allylic oxidation sites excluding steroid dienone is 2. The van der Waals surface area contributed by atoms with Gasteiger partial charge in [0, 0.05) is 18.2 Å². The van der Waals surface area contributed by atoms with Gasteiger partial charge < -0.3 is 4.74 Å². The Morgan fingerprint density at radius 3 is 2.52 bits per heavy atom. The molecule has 5 nitrogen and oxygen atoms in total. The molecule has 0 amide bonds. The third kappa shape index (κ3) is 6.37. The minimum absolute atomic E-state index is 0.286. The van der Waals surface area contributed by atoms with E-state index >= 15 is 0 Å². The summed E-state index contributed by atoms with van der Waals surface area (Å²) >= 11 is 0. The maximum absolute atomic E-state index is 11.2. The first kappa shape index (κ1) is 17.1. The van der Waals surface area contributed by atoms with Gasteiger partial charge in [-0.05, 0) is 6.42 Å². The van der Waals surface area contributed by atoms with Crippen LogP contribution >= 0.6 is 0 Å². The van der Waals surface area contributed by atoms with E-state index in [2.05, 4.69) is 16.0 Å². The monoisotopic (exact) mass is 309 g/mol. The van der Waals surface area contributed by atoms with Crippen molar-refractivity contribution >= 4 is 15.8 Å². The molecule has 1 aromatic carbocycles. The summed E-state index contributed by atoms with van der Waals surface area (Å²) in [6.45, 7) is 3.94. The predicted octanol–water partition coefficient (Wildman–Crippen LogP) is 2.52. The van der Waals surface area contributed by atoms with Gasteiger partial charge in [-0.2, -0.15) is 8.42 Å². The second-order valence-electron chi connectivity index (χ2n) is 4.27. The van der Waals surface area contributed by atoms with Crippen LogP contribution < -0.4 is 0 Å². The van der Waals surface area contributed by atoms with Crippen LogP contribution in [0.5, 0.6) is 0 Å². The summed E-state index contributed by atoms with van der Waals surface area (Å²) in [4.78, 5) is 0. The fourth-order valence-corrected chi connectivity index (χ4v) is 1.81. The quantitative estimate of drug-likeness (QED) is 0.420. The van der Waals surface area contributed by atoms with Crippen LogP contribution in [0.3, 0.4) is 0 Å². The van der Waals surface area contributed by atoms with E-state index in [9.17, 15) is 8.42 Å². The number of benzene rings is 1. The zero-order valence-electron chi connectivity index (χ0n) is 12.2. The zero-order chi connectivity index (χ0) is 15.7. The van der Waals surface area contributed by atoms with Crippen LogP contribution in [-0.2, 0) is 19.1 Å². The van der Waals surface area contributed by atoms with Gasteiger partial charge in [-0.15, -0.1) is 6.58 Å². The van der Waals surface area contributed by atoms with Crippen molar-refractivity contribution in [3.8, 4) is 0 Å². The normalized spacial score (nSPS) is 13.0. The summed E-state index contributed by atoms with van der Waals surface area (Å²) < 4.78 is 32.1. The predicted molar refractivity (Wildman–Crippen MR) is 83.7 cm³/mol. The summed E-state index contributed by atoms with van der Waals surface area (Å²) in [5, 5.41) is 3.78. The number of rotatable bonds is 8. The fourth-order valence-electron chi connectivity index (χ4n) is 1.60. The van der Waals surface area contributed by atoms with Crippen LogP contribution in [0.1, 0.15) is 12.0 Å². The van der Waals surface area contributed by atoms with E-state index in [1.165, 1.54) is 0 Å². The lowest BCUT2D eigenvalue weighted by Gasteiger charge is -2.10. The largest absolute Gasteiger partial charge is 0.380 e. The average Bonchev–Trinajstić information content (AvgIpc) is 2.44. The molecule has 21 heavy (non-hydrogen) atoms. The smallest absolute Gasteiger partial charge is 0.325 e. The second kappa shape index (κ2) is 8.39. The molecule has 0 spiro atoms. The Labute approximate surface area is 125 Å². The summed E-state index contributed by atoms with van der Waals surface area (Å²) in [6.07, 6.45) is 5.16. The lowest BCUT2D eigenvalue weighted by Crippen LogP contribution is -2.12. The highest BCUT2D eigenvalue weighted by atomic mass is 32.2. The van der Waals surface area contributed by atoms with Crippen molar-refractivity contribution in [2.45, 2.75) is 6.42 Å². The molecule has 0 bridgehead atoms. The van der Waals surface area contributed by atoms with E-state index in [1.807, 2.05) is 36.4 Å². The minimum atomic E-state index is -3.67. The van der Waals surface area contributed by atoms with Gasteiger partial charge in [0.1, 0.15) is 5.71 Å². The molecule has 1 rings (SSSR count). The lowest BCUT2D eigenvalue weighted by atomic mass is 10.0. The third-order valence-electron chi connectivity index (χ3n) is 2.45. The van der Waals surface area contributed by atoms with Gasteiger partial charge in [0.05, 0.1) is 12.9 Å². The molecule has 0 saturated carbocycles. The van der Waals surface area contributed by atoms with Gasteiger partial charge in [0.25, 0.3) is 0 Å². The lowest BCUT2D eigenvalue weighted by molar-refractivity contribution is 0.229. The molecule has 0 N–H and O–H groups in total. The molecule has 0 atom stereocenters. The topological polar surface area (TPSA) is 65.0 Å². The van der Waals surface area contributed by atoms with Crippen LogP contribution in [0, 0.1) is 0 Å². The second-order valence-corrected chi connectivity index (χ2v) is 5.83. The first-order chi connectivity index (χ1) is 9.98. The number of hydrogen-bond donors (Lipinski definition) is 0. The summed E-state index contributed by atoms with van der Waals surface area (Å²) in [5.74, 6) is 0. The molecule has 0 unspecified atom stereocenters. The molecule has 0 heterocycles. The highest BCUT2D eigenvalue weighted by molar-refractivity contribution is 7.85. The molecule has 0 fully saturated rings. The van der Waals surface area contributed by atoms with E-state index in [0.29, 0.717) is 12.1 Å². The Bertz CT molecular complexity index is 618. The van der Waals surface area contributed by atoms with Crippen molar-refractivity contribution in [3.63, 3.8) is 0 Å². The number of ether oxygens (including phenoxy) is 1. The molecular formula is C15H19NO4S. The van der Waals surface area contributed by atoms with Gasteiger partial charge in [0.15, 0.2) is 0 Å². The number of hydrogen-bond acceptors (Lipinski definition) is 5. The standard InChI is InChI=1S/C15H19NO4S/c1-4-5-9-14(12-19-2)15(16-20-21(3,17)18)13-10-7-6-8-11-13/h4,6-11H,1,5,12H2,2-3H3/b14-9+,16-15-. The van der Waals surface area contributed by atoms with Gasteiger partial charge in [-0.1, -0.05) is 47.6 Å². The Hall–Kier alpha value is -1.92. The summed E-state index contributed by atoms with van der Waals surface area (Å²) in [6, 6.07) is 9.18. The number of methoxy groups -OCH3 is 1. The van der Waals surface area contributed by atoms with Crippen molar-refractivity contribution < 1.29 is 17.4 Å². The van der Waals surface area contributed by atoms with Crippen molar-refractivity contribution in [2.24, 2.45) is 5.16 Å². The van der Waals surface area contributed by atoms with E-state index in [1.54, 1.807) is 13.2 Å². The maximum Gasteiger partial charge on any atom is 0.325 e. The van der Waals surface area contributed by atoms with Crippen molar-refractivity contribution in [2.75, 3.05) is 20.0 Å². The van der Waals surface area contributed by atoms with Crippen molar-refractivity contribution in [1.29, 1.82) is 0 Å². The first-order valence-electron chi connectivity index (χ1n) is 6.29. The Morgan fingerprint density at radius 1 is 1.33 bits per heavy atom.